The zero-order chi connectivity index (χ0) is 19.9. The fourth-order valence-electron chi connectivity index (χ4n) is 3.17. The van der Waals surface area contributed by atoms with E-state index in [9.17, 15) is 9.59 Å². The highest BCUT2D eigenvalue weighted by Gasteiger charge is 2.32. The average Bonchev–Trinajstić information content (AvgIpc) is 3.50. The maximum atomic E-state index is 12.7. The summed E-state index contributed by atoms with van der Waals surface area (Å²) >= 11 is 0. The van der Waals surface area contributed by atoms with Crippen LogP contribution in [0.4, 0.5) is 5.69 Å². The second-order valence-corrected chi connectivity index (χ2v) is 7.69. The molecule has 0 radical (unpaired) electrons. The number of anilines is 1. The normalized spacial score (nSPS) is 13.2. The minimum Gasteiger partial charge on any atom is -0.376 e. The van der Waals surface area contributed by atoms with Crippen molar-refractivity contribution >= 4 is 17.5 Å². The summed E-state index contributed by atoms with van der Waals surface area (Å²) in [6.07, 6.45) is 2.54. The molecule has 0 unspecified atom stereocenters. The molecule has 0 atom stereocenters. The van der Waals surface area contributed by atoms with Gasteiger partial charge in [-0.3, -0.25) is 9.59 Å². The molecule has 0 saturated heterocycles. The minimum atomic E-state index is 0.0203. The lowest BCUT2D eigenvalue weighted by Gasteiger charge is -2.23. The lowest BCUT2D eigenvalue weighted by atomic mass is 10.1. The topological polar surface area (TPSA) is 61.4 Å². The smallest absolute Gasteiger partial charge is 0.242 e. The van der Waals surface area contributed by atoms with E-state index < -0.39 is 0 Å². The first-order valence-electron chi connectivity index (χ1n) is 9.97. The van der Waals surface area contributed by atoms with Crippen molar-refractivity contribution in [2.45, 2.75) is 51.7 Å². The van der Waals surface area contributed by atoms with E-state index in [-0.39, 0.29) is 24.4 Å². The Bertz CT molecular complexity index is 783. The lowest BCUT2D eigenvalue weighted by molar-refractivity contribution is -0.130. The van der Waals surface area contributed by atoms with Crippen LogP contribution >= 0.6 is 0 Å². The summed E-state index contributed by atoms with van der Waals surface area (Å²) in [4.78, 5) is 26.5. The van der Waals surface area contributed by atoms with Crippen LogP contribution in [0.1, 0.15) is 37.8 Å². The highest BCUT2D eigenvalue weighted by atomic mass is 16.2. The van der Waals surface area contributed by atoms with E-state index >= 15 is 0 Å². The van der Waals surface area contributed by atoms with Crippen molar-refractivity contribution < 1.29 is 9.59 Å². The van der Waals surface area contributed by atoms with E-state index in [1.165, 1.54) is 0 Å². The van der Waals surface area contributed by atoms with E-state index in [1.54, 1.807) is 0 Å². The zero-order valence-corrected chi connectivity index (χ0v) is 16.7. The maximum absolute atomic E-state index is 12.7. The van der Waals surface area contributed by atoms with Crippen LogP contribution in [-0.4, -0.2) is 35.3 Å². The quantitative estimate of drug-likeness (QED) is 0.702. The van der Waals surface area contributed by atoms with Gasteiger partial charge in [0.05, 0.1) is 13.0 Å². The van der Waals surface area contributed by atoms with Gasteiger partial charge in [0, 0.05) is 24.3 Å². The summed E-state index contributed by atoms with van der Waals surface area (Å²) < 4.78 is 0. The molecule has 1 fully saturated rings. The first-order valence-corrected chi connectivity index (χ1v) is 9.97. The Kier molecular flexibility index (Phi) is 6.69. The number of hydrogen-bond acceptors (Lipinski definition) is 3. The van der Waals surface area contributed by atoms with Crippen molar-refractivity contribution in [3.05, 3.63) is 65.7 Å². The van der Waals surface area contributed by atoms with E-state index in [0.717, 1.165) is 29.7 Å². The molecule has 3 rings (SSSR count). The summed E-state index contributed by atoms with van der Waals surface area (Å²) in [5.74, 6) is 0.138. The van der Waals surface area contributed by atoms with Gasteiger partial charge in [-0.25, -0.2) is 0 Å². The highest BCUT2D eigenvalue weighted by molar-refractivity contribution is 5.81. The van der Waals surface area contributed by atoms with E-state index in [1.807, 2.05) is 61.2 Å². The van der Waals surface area contributed by atoms with Crippen LogP contribution in [0.15, 0.2) is 54.6 Å². The van der Waals surface area contributed by atoms with Crippen LogP contribution in [0.5, 0.6) is 0 Å². The molecule has 2 amide bonds. The zero-order valence-electron chi connectivity index (χ0n) is 16.7. The predicted octanol–water partition coefficient (Wildman–Crippen LogP) is 3.36. The van der Waals surface area contributed by atoms with Gasteiger partial charge in [0.1, 0.15) is 0 Å². The summed E-state index contributed by atoms with van der Waals surface area (Å²) in [7, 11) is 0. The van der Waals surface area contributed by atoms with Gasteiger partial charge in [-0.2, -0.15) is 0 Å². The first-order chi connectivity index (χ1) is 13.5. The van der Waals surface area contributed by atoms with Gasteiger partial charge in [0.2, 0.25) is 11.8 Å². The van der Waals surface area contributed by atoms with Crippen molar-refractivity contribution in [2.24, 2.45) is 0 Å². The van der Waals surface area contributed by atoms with Crippen LogP contribution in [0.25, 0.3) is 0 Å². The maximum Gasteiger partial charge on any atom is 0.242 e. The average molecular weight is 380 g/mol. The molecule has 5 heteroatoms. The van der Waals surface area contributed by atoms with Crippen LogP contribution in [0.3, 0.4) is 0 Å². The molecule has 0 bridgehead atoms. The van der Waals surface area contributed by atoms with E-state index in [0.29, 0.717) is 19.0 Å². The first kappa shape index (κ1) is 19.9. The highest BCUT2D eigenvalue weighted by Crippen LogP contribution is 2.28. The Morgan fingerprint density at radius 2 is 1.68 bits per heavy atom. The van der Waals surface area contributed by atoms with Crippen LogP contribution in [0.2, 0.25) is 0 Å². The molecule has 5 nitrogen and oxygen atoms in total. The molecule has 2 aromatic carbocycles. The number of nitrogens with zero attached hydrogens (tertiary/aromatic N) is 1. The Balaban J connectivity index is 1.51. The number of amides is 2. The number of carbonyl (C=O) groups is 2. The van der Waals surface area contributed by atoms with Crippen molar-refractivity contribution in [3.8, 4) is 0 Å². The molecule has 1 saturated carbocycles. The van der Waals surface area contributed by atoms with Crippen LogP contribution in [0, 0.1) is 0 Å². The van der Waals surface area contributed by atoms with Gasteiger partial charge in [0.25, 0.3) is 0 Å². The molecule has 0 heterocycles. The largest absolute Gasteiger partial charge is 0.376 e. The van der Waals surface area contributed by atoms with Gasteiger partial charge >= 0.3 is 0 Å². The molecule has 148 valence electrons. The number of rotatable bonds is 9. The molecule has 1 aliphatic rings. The Morgan fingerprint density at radius 3 is 2.29 bits per heavy atom. The third-order valence-electron chi connectivity index (χ3n) is 4.72. The van der Waals surface area contributed by atoms with Gasteiger partial charge in [0.15, 0.2) is 0 Å². The standard InChI is InChI=1S/C23H29N3O2/c1-17(2)25-22(27)14-18-8-10-20(11-9-18)24-15-23(28)26(21-12-13-21)16-19-6-4-3-5-7-19/h3-11,17,21,24H,12-16H2,1-2H3,(H,25,27). The molecule has 1 aliphatic carbocycles. The second-order valence-electron chi connectivity index (χ2n) is 7.69. The van der Waals surface area contributed by atoms with Crippen molar-refractivity contribution in [2.75, 3.05) is 11.9 Å². The third-order valence-corrected chi connectivity index (χ3v) is 4.72. The Labute approximate surface area is 167 Å². The molecular weight excluding hydrogens is 350 g/mol. The summed E-state index contributed by atoms with van der Waals surface area (Å²) in [5, 5.41) is 6.10. The van der Waals surface area contributed by atoms with Crippen molar-refractivity contribution in [1.82, 2.24) is 10.2 Å². The Hall–Kier alpha value is -2.82. The van der Waals surface area contributed by atoms with Gasteiger partial charge in [-0.15, -0.1) is 0 Å². The van der Waals surface area contributed by atoms with E-state index in [4.69, 9.17) is 0 Å². The number of benzene rings is 2. The van der Waals surface area contributed by atoms with Gasteiger partial charge in [-0.1, -0.05) is 42.5 Å². The predicted molar refractivity (Wildman–Crippen MR) is 112 cm³/mol. The third kappa shape index (κ3) is 6.12. The number of nitrogens with one attached hydrogen (secondary N) is 2. The summed E-state index contributed by atoms with van der Waals surface area (Å²) in [5.41, 5.74) is 3.00. The number of hydrogen-bond donors (Lipinski definition) is 2. The fraction of sp³-hybridized carbons (Fsp3) is 0.391. The summed E-state index contributed by atoms with van der Waals surface area (Å²) in [6.45, 7) is 4.84. The molecular formula is C23H29N3O2. The monoisotopic (exact) mass is 379 g/mol. The molecule has 28 heavy (non-hydrogen) atoms. The van der Waals surface area contributed by atoms with Crippen LogP contribution in [-0.2, 0) is 22.6 Å². The molecule has 2 N–H and O–H groups in total. The van der Waals surface area contributed by atoms with Crippen molar-refractivity contribution in [3.63, 3.8) is 0 Å². The van der Waals surface area contributed by atoms with Gasteiger partial charge < -0.3 is 15.5 Å². The molecule has 0 spiro atoms. The molecule has 0 aromatic heterocycles. The van der Waals surface area contributed by atoms with Gasteiger partial charge in [-0.05, 0) is 49.9 Å². The fourth-order valence-corrected chi connectivity index (χ4v) is 3.17. The SMILES string of the molecule is CC(C)NC(=O)Cc1ccc(NCC(=O)N(Cc2ccccc2)C2CC2)cc1. The van der Waals surface area contributed by atoms with E-state index in [2.05, 4.69) is 22.8 Å². The minimum absolute atomic E-state index is 0.0203. The number of carbonyl (C=O) groups excluding carboxylic acids is 2. The van der Waals surface area contributed by atoms with Crippen LogP contribution < -0.4 is 10.6 Å². The lowest BCUT2D eigenvalue weighted by Crippen LogP contribution is -2.36. The Morgan fingerprint density at radius 1 is 1.00 bits per heavy atom. The van der Waals surface area contributed by atoms with Crippen molar-refractivity contribution in [1.29, 1.82) is 0 Å². The molecule has 2 aromatic rings. The second kappa shape index (κ2) is 9.40. The summed E-state index contributed by atoms with van der Waals surface area (Å²) in [6, 6.07) is 18.3. The molecule has 0 aliphatic heterocycles.